The van der Waals surface area contributed by atoms with Crippen LogP contribution in [-0.4, -0.2) is 54.5 Å². The van der Waals surface area contributed by atoms with E-state index in [-0.39, 0.29) is 30.8 Å². The van der Waals surface area contributed by atoms with Crippen molar-refractivity contribution < 1.29 is 27.9 Å². The van der Waals surface area contributed by atoms with E-state index in [4.69, 9.17) is 10.8 Å². The predicted octanol–water partition coefficient (Wildman–Crippen LogP) is -1.42. The SMILES string of the molecule is CC1(NC(=O)N[C@H](CCC(N)=O)C(=O)O)CCS(=O)(=O)C1. The van der Waals surface area contributed by atoms with Crippen LogP contribution in [-0.2, 0) is 19.4 Å². The predicted molar refractivity (Wildman–Crippen MR) is 73.2 cm³/mol. The Kier molecular flexibility index (Phi) is 5.15. The third-order valence-electron chi connectivity index (χ3n) is 3.20. The molecule has 1 heterocycles. The summed E-state index contributed by atoms with van der Waals surface area (Å²) < 4.78 is 22.8. The van der Waals surface area contributed by atoms with Crippen LogP contribution in [0.15, 0.2) is 0 Å². The summed E-state index contributed by atoms with van der Waals surface area (Å²) in [5, 5.41) is 13.6. The first-order valence-electron chi connectivity index (χ1n) is 6.33. The minimum Gasteiger partial charge on any atom is -0.480 e. The van der Waals surface area contributed by atoms with Crippen LogP contribution in [0.3, 0.4) is 0 Å². The van der Waals surface area contributed by atoms with Crippen LogP contribution in [0.2, 0.25) is 0 Å². The third-order valence-corrected chi connectivity index (χ3v) is 5.10. The van der Waals surface area contributed by atoms with E-state index in [0.717, 1.165) is 0 Å². The van der Waals surface area contributed by atoms with Gasteiger partial charge in [-0.2, -0.15) is 0 Å². The molecule has 5 N–H and O–H groups in total. The van der Waals surface area contributed by atoms with E-state index in [1.165, 1.54) is 0 Å². The maximum Gasteiger partial charge on any atom is 0.326 e. The monoisotopic (exact) mass is 321 g/mol. The van der Waals surface area contributed by atoms with Gasteiger partial charge in [-0.15, -0.1) is 0 Å². The Labute approximate surface area is 122 Å². The lowest BCUT2D eigenvalue weighted by atomic mass is 10.0. The fraction of sp³-hybridized carbons (Fsp3) is 0.727. The van der Waals surface area contributed by atoms with Gasteiger partial charge in [0.2, 0.25) is 5.91 Å². The number of amides is 3. The van der Waals surface area contributed by atoms with Gasteiger partial charge in [0.25, 0.3) is 0 Å². The number of rotatable bonds is 6. The lowest BCUT2D eigenvalue weighted by Crippen LogP contribution is -2.54. The first-order valence-corrected chi connectivity index (χ1v) is 8.15. The number of nitrogens with one attached hydrogen (secondary N) is 2. The van der Waals surface area contributed by atoms with Crippen LogP contribution in [0.4, 0.5) is 4.79 Å². The van der Waals surface area contributed by atoms with Crippen molar-refractivity contribution in [2.45, 2.75) is 37.8 Å². The molecule has 1 unspecified atom stereocenters. The number of carbonyl (C=O) groups excluding carboxylic acids is 2. The molecule has 1 aliphatic heterocycles. The molecule has 10 heteroatoms. The molecule has 0 radical (unpaired) electrons. The topological polar surface area (TPSA) is 156 Å². The zero-order chi connectivity index (χ0) is 16.3. The molecule has 0 aliphatic carbocycles. The minimum absolute atomic E-state index is 0.0200. The van der Waals surface area contributed by atoms with Crippen molar-refractivity contribution in [1.82, 2.24) is 10.6 Å². The Balaban J connectivity index is 2.58. The number of sulfone groups is 1. The van der Waals surface area contributed by atoms with Crippen molar-refractivity contribution in [3.05, 3.63) is 0 Å². The highest BCUT2D eigenvalue weighted by Gasteiger charge is 2.39. The van der Waals surface area contributed by atoms with E-state index >= 15 is 0 Å². The Bertz CT molecular complexity index is 546. The highest BCUT2D eigenvalue weighted by atomic mass is 32.2. The molecule has 3 amide bonds. The maximum absolute atomic E-state index is 11.8. The average Bonchev–Trinajstić information content (AvgIpc) is 2.57. The number of nitrogens with two attached hydrogens (primary N) is 1. The Morgan fingerprint density at radius 3 is 2.43 bits per heavy atom. The van der Waals surface area contributed by atoms with Crippen molar-refractivity contribution in [3.63, 3.8) is 0 Å². The molecule has 0 bridgehead atoms. The molecule has 1 aliphatic rings. The fourth-order valence-electron chi connectivity index (χ4n) is 2.12. The average molecular weight is 321 g/mol. The second kappa shape index (κ2) is 6.29. The molecular weight excluding hydrogens is 302 g/mol. The van der Waals surface area contributed by atoms with Gasteiger partial charge in [0, 0.05) is 6.42 Å². The second-order valence-corrected chi connectivity index (χ2v) is 7.58. The summed E-state index contributed by atoms with van der Waals surface area (Å²) in [5.74, 6) is -2.17. The van der Waals surface area contributed by atoms with Crippen LogP contribution in [0.5, 0.6) is 0 Å². The normalized spacial score (nSPS) is 25.0. The summed E-state index contributed by atoms with van der Waals surface area (Å²) in [7, 11) is -3.19. The van der Waals surface area contributed by atoms with Gasteiger partial charge < -0.3 is 21.5 Å². The van der Waals surface area contributed by atoms with Gasteiger partial charge in [0.15, 0.2) is 9.84 Å². The molecule has 1 fully saturated rings. The molecule has 0 aromatic carbocycles. The van der Waals surface area contributed by atoms with Crippen LogP contribution in [0.25, 0.3) is 0 Å². The molecule has 0 saturated carbocycles. The third kappa shape index (κ3) is 5.58. The number of carboxylic acids is 1. The van der Waals surface area contributed by atoms with E-state index in [0.29, 0.717) is 0 Å². The zero-order valence-corrected chi connectivity index (χ0v) is 12.4. The Morgan fingerprint density at radius 1 is 1.38 bits per heavy atom. The van der Waals surface area contributed by atoms with Gasteiger partial charge in [-0.3, -0.25) is 4.79 Å². The zero-order valence-electron chi connectivity index (χ0n) is 11.6. The number of hydrogen-bond donors (Lipinski definition) is 4. The Morgan fingerprint density at radius 2 is 2.00 bits per heavy atom. The largest absolute Gasteiger partial charge is 0.480 e. The first-order chi connectivity index (χ1) is 9.53. The van der Waals surface area contributed by atoms with E-state index in [9.17, 15) is 22.8 Å². The first kappa shape index (κ1) is 17.2. The summed E-state index contributed by atoms with van der Waals surface area (Å²) in [4.78, 5) is 33.4. The highest BCUT2D eigenvalue weighted by molar-refractivity contribution is 7.91. The lowest BCUT2D eigenvalue weighted by molar-refractivity contribution is -0.139. The molecule has 1 saturated heterocycles. The minimum atomic E-state index is -3.19. The molecule has 1 rings (SSSR count). The summed E-state index contributed by atoms with van der Waals surface area (Å²) in [6.07, 6.45) is -0.0439. The van der Waals surface area contributed by atoms with Gasteiger partial charge >= 0.3 is 12.0 Å². The number of aliphatic carboxylic acids is 1. The Hall–Kier alpha value is -1.84. The van der Waals surface area contributed by atoms with E-state index in [1.54, 1.807) is 6.92 Å². The summed E-state index contributed by atoms with van der Waals surface area (Å²) in [5.41, 5.74) is 4.01. The van der Waals surface area contributed by atoms with E-state index < -0.39 is 39.3 Å². The highest BCUT2D eigenvalue weighted by Crippen LogP contribution is 2.22. The molecule has 0 aromatic rings. The van der Waals surface area contributed by atoms with Gasteiger partial charge in [0.1, 0.15) is 6.04 Å². The molecule has 0 spiro atoms. The van der Waals surface area contributed by atoms with Gasteiger partial charge in [0.05, 0.1) is 17.0 Å². The lowest BCUT2D eigenvalue weighted by Gasteiger charge is -2.25. The number of primary amides is 1. The van der Waals surface area contributed by atoms with E-state index in [1.807, 2.05) is 0 Å². The molecule has 120 valence electrons. The number of urea groups is 1. The fourth-order valence-corrected chi connectivity index (χ4v) is 4.21. The molecular formula is C11H19N3O6S. The smallest absolute Gasteiger partial charge is 0.326 e. The maximum atomic E-state index is 11.8. The van der Waals surface area contributed by atoms with Crippen molar-refractivity contribution in [2.24, 2.45) is 5.73 Å². The van der Waals surface area contributed by atoms with Crippen molar-refractivity contribution >= 4 is 27.7 Å². The molecule has 2 atom stereocenters. The van der Waals surface area contributed by atoms with Crippen LogP contribution >= 0.6 is 0 Å². The van der Waals surface area contributed by atoms with Crippen molar-refractivity contribution in [2.75, 3.05) is 11.5 Å². The summed E-state index contributed by atoms with van der Waals surface area (Å²) >= 11 is 0. The summed E-state index contributed by atoms with van der Waals surface area (Å²) in [6.45, 7) is 1.58. The summed E-state index contributed by atoms with van der Waals surface area (Å²) in [6, 6.07) is -2.05. The molecule has 0 aromatic heterocycles. The molecule has 21 heavy (non-hydrogen) atoms. The quantitative estimate of drug-likeness (QED) is 0.470. The van der Waals surface area contributed by atoms with Crippen LogP contribution in [0, 0.1) is 0 Å². The van der Waals surface area contributed by atoms with Gasteiger partial charge in [-0.05, 0) is 19.8 Å². The van der Waals surface area contributed by atoms with Crippen molar-refractivity contribution in [1.29, 1.82) is 0 Å². The number of carboxylic acid groups (broad SMARTS) is 1. The van der Waals surface area contributed by atoms with Crippen LogP contribution < -0.4 is 16.4 Å². The standard InChI is InChI=1S/C11H19N3O6S/c1-11(4-5-21(19,20)6-11)14-10(18)13-7(9(16)17)2-3-8(12)15/h7H,2-6H2,1H3,(H2,12,15)(H,16,17)(H2,13,14,18)/t7-,11?/m1/s1. The molecule has 9 nitrogen and oxygen atoms in total. The number of hydrogen-bond acceptors (Lipinski definition) is 5. The van der Waals surface area contributed by atoms with Crippen molar-refractivity contribution in [3.8, 4) is 0 Å². The van der Waals surface area contributed by atoms with Crippen LogP contribution in [0.1, 0.15) is 26.2 Å². The number of carbonyl (C=O) groups is 3. The van der Waals surface area contributed by atoms with Gasteiger partial charge in [-0.25, -0.2) is 18.0 Å². The van der Waals surface area contributed by atoms with E-state index in [2.05, 4.69) is 10.6 Å². The second-order valence-electron chi connectivity index (χ2n) is 5.40. The van der Waals surface area contributed by atoms with Gasteiger partial charge in [-0.1, -0.05) is 0 Å².